The molecule has 152 valence electrons. The van der Waals surface area contributed by atoms with Gasteiger partial charge in [0.1, 0.15) is 5.82 Å². The fourth-order valence-corrected chi connectivity index (χ4v) is 3.71. The van der Waals surface area contributed by atoms with Gasteiger partial charge < -0.3 is 5.73 Å². The third-order valence-electron chi connectivity index (χ3n) is 4.40. The second-order valence-corrected chi connectivity index (χ2v) is 8.26. The number of sulfonamides is 1. The highest BCUT2D eigenvalue weighted by molar-refractivity contribution is 7.89. The maximum Gasteiger partial charge on any atom is 0.416 e. The molecule has 0 aliphatic heterocycles. The van der Waals surface area contributed by atoms with Crippen molar-refractivity contribution < 1.29 is 21.6 Å². The van der Waals surface area contributed by atoms with Crippen LogP contribution in [0.5, 0.6) is 0 Å². The molecule has 0 aliphatic rings. The van der Waals surface area contributed by atoms with E-state index in [1.54, 1.807) is 24.3 Å². The van der Waals surface area contributed by atoms with Gasteiger partial charge >= 0.3 is 6.18 Å². The minimum Gasteiger partial charge on any atom is -0.384 e. The van der Waals surface area contributed by atoms with Crippen LogP contribution in [0.2, 0.25) is 0 Å². The molecular formula is C20H18F3N3O2S. The van der Waals surface area contributed by atoms with Crippen LogP contribution in [-0.4, -0.2) is 20.4 Å². The van der Waals surface area contributed by atoms with Crippen molar-refractivity contribution in [3.8, 4) is 11.1 Å². The first kappa shape index (κ1) is 20.8. The Kier molecular flexibility index (Phi) is 5.63. The number of hydrogen-bond donors (Lipinski definition) is 2. The van der Waals surface area contributed by atoms with Crippen molar-refractivity contribution in [3.05, 3.63) is 77.5 Å². The van der Waals surface area contributed by atoms with Gasteiger partial charge in [0.2, 0.25) is 10.0 Å². The molecule has 2 aromatic carbocycles. The lowest BCUT2D eigenvalue weighted by atomic mass is 9.94. The number of nitrogens with zero attached hydrogens (tertiary/aromatic N) is 1. The molecule has 0 atom stereocenters. The highest BCUT2D eigenvalue weighted by Crippen LogP contribution is 2.32. The highest BCUT2D eigenvalue weighted by atomic mass is 32.2. The summed E-state index contributed by atoms with van der Waals surface area (Å²) in [5.41, 5.74) is 7.29. The van der Waals surface area contributed by atoms with Gasteiger partial charge in [-0.15, -0.1) is 0 Å². The highest BCUT2D eigenvalue weighted by Gasteiger charge is 2.30. The van der Waals surface area contributed by atoms with Crippen LogP contribution in [0.25, 0.3) is 11.1 Å². The lowest BCUT2D eigenvalue weighted by Crippen LogP contribution is -2.18. The third-order valence-corrected chi connectivity index (χ3v) is 5.81. The van der Waals surface area contributed by atoms with Crippen LogP contribution >= 0.6 is 0 Å². The molecule has 0 bridgehead atoms. The first-order valence-corrected chi connectivity index (χ1v) is 10.0. The summed E-state index contributed by atoms with van der Waals surface area (Å²) in [6.45, 7) is 0. The molecule has 0 aliphatic carbocycles. The summed E-state index contributed by atoms with van der Waals surface area (Å²) in [7, 11) is -2.40. The molecule has 1 heterocycles. The fourth-order valence-electron chi connectivity index (χ4n) is 2.96. The molecule has 0 amide bonds. The molecule has 0 fully saturated rings. The lowest BCUT2D eigenvalue weighted by molar-refractivity contribution is -0.137. The van der Waals surface area contributed by atoms with Crippen LogP contribution in [0.15, 0.2) is 65.7 Å². The van der Waals surface area contributed by atoms with E-state index in [0.29, 0.717) is 22.3 Å². The average Bonchev–Trinajstić information content (AvgIpc) is 2.67. The van der Waals surface area contributed by atoms with Gasteiger partial charge in [0.25, 0.3) is 0 Å². The number of aromatic nitrogens is 1. The van der Waals surface area contributed by atoms with E-state index in [0.717, 1.165) is 12.1 Å². The Hall–Kier alpha value is -2.91. The van der Waals surface area contributed by atoms with Crippen molar-refractivity contribution >= 4 is 15.8 Å². The SMILES string of the molecule is CNS(=O)(=O)c1ccc(Cc2cccc(C(F)(F)F)c2)c(-c2ccnc(N)c2)c1. The minimum atomic E-state index is -4.44. The normalized spacial score (nSPS) is 12.1. The van der Waals surface area contributed by atoms with E-state index >= 15 is 0 Å². The maximum atomic E-state index is 13.0. The van der Waals surface area contributed by atoms with Gasteiger partial charge in [0.05, 0.1) is 10.5 Å². The Bertz CT molecular complexity index is 1150. The molecule has 3 N–H and O–H groups in total. The Morgan fingerprint density at radius 2 is 1.83 bits per heavy atom. The number of anilines is 1. The van der Waals surface area contributed by atoms with Gasteiger partial charge in [0.15, 0.2) is 0 Å². The fraction of sp³-hybridized carbons (Fsp3) is 0.150. The smallest absolute Gasteiger partial charge is 0.384 e. The summed E-state index contributed by atoms with van der Waals surface area (Å²) in [4.78, 5) is 3.97. The molecule has 0 saturated heterocycles. The monoisotopic (exact) mass is 421 g/mol. The Balaban J connectivity index is 2.11. The van der Waals surface area contributed by atoms with Crippen LogP contribution < -0.4 is 10.5 Å². The molecule has 0 unspecified atom stereocenters. The number of nitrogens with two attached hydrogens (primary N) is 1. The van der Waals surface area contributed by atoms with Crippen LogP contribution in [0, 0.1) is 0 Å². The molecule has 0 saturated carbocycles. The van der Waals surface area contributed by atoms with Crippen molar-refractivity contribution in [2.75, 3.05) is 12.8 Å². The lowest BCUT2D eigenvalue weighted by Gasteiger charge is -2.14. The molecule has 1 aromatic heterocycles. The van der Waals surface area contributed by atoms with E-state index in [1.165, 1.54) is 31.4 Å². The van der Waals surface area contributed by atoms with Gasteiger partial charge in [-0.1, -0.05) is 24.3 Å². The molecular weight excluding hydrogens is 403 g/mol. The summed E-state index contributed by atoms with van der Waals surface area (Å²) in [6, 6.07) is 12.8. The van der Waals surface area contributed by atoms with Crippen molar-refractivity contribution in [3.63, 3.8) is 0 Å². The van der Waals surface area contributed by atoms with E-state index in [2.05, 4.69) is 9.71 Å². The number of nitrogen functional groups attached to an aromatic ring is 1. The standard InChI is InChI=1S/C20H18F3N3O2S/c1-25-29(27,28)17-6-5-14(18(12-17)15-7-8-26-19(24)11-15)9-13-3-2-4-16(10-13)20(21,22)23/h2-8,10-12,25H,9H2,1H3,(H2,24,26). The number of pyridine rings is 1. The van der Waals surface area contributed by atoms with Crippen LogP contribution in [-0.2, 0) is 22.6 Å². The zero-order valence-electron chi connectivity index (χ0n) is 15.4. The molecule has 3 aromatic rings. The third kappa shape index (κ3) is 4.75. The molecule has 0 spiro atoms. The predicted molar refractivity (Wildman–Crippen MR) is 105 cm³/mol. The van der Waals surface area contributed by atoms with Crippen LogP contribution in [0.3, 0.4) is 0 Å². The number of alkyl halides is 3. The minimum absolute atomic E-state index is 0.0400. The van der Waals surface area contributed by atoms with Gasteiger partial charge in [-0.05, 0) is 66.1 Å². The van der Waals surface area contributed by atoms with Crippen LogP contribution in [0.1, 0.15) is 16.7 Å². The first-order chi connectivity index (χ1) is 13.6. The summed E-state index contributed by atoms with van der Waals surface area (Å²) >= 11 is 0. The van der Waals surface area contributed by atoms with Gasteiger partial charge in [-0.3, -0.25) is 0 Å². The average molecular weight is 421 g/mol. The second-order valence-electron chi connectivity index (χ2n) is 6.37. The quantitative estimate of drug-likeness (QED) is 0.655. The van der Waals surface area contributed by atoms with E-state index in [9.17, 15) is 21.6 Å². The summed E-state index contributed by atoms with van der Waals surface area (Å²) in [6.07, 6.45) is -2.78. The molecule has 3 rings (SSSR count). The van der Waals surface area contributed by atoms with Gasteiger partial charge in [-0.25, -0.2) is 18.1 Å². The zero-order chi connectivity index (χ0) is 21.2. The van der Waals surface area contributed by atoms with Crippen molar-refractivity contribution in [1.82, 2.24) is 9.71 Å². The molecule has 9 heteroatoms. The number of nitrogens with one attached hydrogen (secondary N) is 1. The van der Waals surface area contributed by atoms with Gasteiger partial charge in [-0.2, -0.15) is 13.2 Å². The number of benzene rings is 2. The number of halogens is 3. The van der Waals surface area contributed by atoms with E-state index in [4.69, 9.17) is 5.73 Å². The second kappa shape index (κ2) is 7.84. The molecule has 0 radical (unpaired) electrons. The zero-order valence-corrected chi connectivity index (χ0v) is 16.2. The van der Waals surface area contributed by atoms with Gasteiger partial charge in [0, 0.05) is 6.20 Å². The van der Waals surface area contributed by atoms with Crippen molar-refractivity contribution in [2.24, 2.45) is 0 Å². The first-order valence-electron chi connectivity index (χ1n) is 8.54. The Morgan fingerprint density at radius 3 is 2.48 bits per heavy atom. The number of hydrogen-bond acceptors (Lipinski definition) is 4. The summed E-state index contributed by atoms with van der Waals surface area (Å²) in [5, 5.41) is 0. The largest absolute Gasteiger partial charge is 0.416 e. The molecule has 5 nitrogen and oxygen atoms in total. The summed E-state index contributed by atoms with van der Waals surface area (Å²) < 4.78 is 65.7. The van der Waals surface area contributed by atoms with E-state index in [1.807, 2.05) is 0 Å². The summed E-state index contributed by atoms with van der Waals surface area (Å²) in [5.74, 6) is 0.245. The Morgan fingerprint density at radius 1 is 1.07 bits per heavy atom. The van der Waals surface area contributed by atoms with Crippen LogP contribution in [0.4, 0.5) is 19.0 Å². The Labute approximate surface area is 166 Å². The maximum absolute atomic E-state index is 13.0. The number of rotatable bonds is 5. The van der Waals surface area contributed by atoms with Crippen molar-refractivity contribution in [2.45, 2.75) is 17.5 Å². The van der Waals surface area contributed by atoms with E-state index < -0.39 is 21.8 Å². The van der Waals surface area contributed by atoms with Crippen molar-refractivity contribution in [1.29, 1.82) is 0 Å². The molecule has 29 heavy (non-hydrogen) atoms. The van der Waals surface area contributed by atoms with E-state index in [-0.39, 0.29) is 17.1 Å². The predicted octanol–water partition coefficient (Wildman–Crippen LogP) is 3.85. The topological polar surface area (TPSA) is 85.1 Å².